The Morgan fingerprint density at radius 3 is 2.65 bits per heavy atom. The van der Waals surface area contributed by atoms with Crippen molar-refractivity contribution in [1.82, 2.24) is 15.1 Å². The van der Waals surface area contributed by atoms with Gasteiger partial charge in [-0.3, -0.25) is 0 Å². The number of carbonyl (C=O) groups excluding carboxylic acids is 1. The molecule has 7 heteroatoms. The molecule has 5 aliphatic rings. The van der Waals surface area contributed by atoms with Crippen LogP contribution in [0.2, 0.25) is 0 Å². The van der Waals surface area contributed by atoms with Crippen LogP contribution < -0.4 is 5.32 Å². The number of piperazine rings is 1. The zero-order valence-corrected chi connectivity index (χ0v) is 12.6. The van der Waals surface area contributed by atoms with Crippen LogP contribution in [0.5, 0.6) is 0 Å². The molecule has 20 heavy (non-hydrogen) atoms. The van der Waals surface area contributed by atoms with Crippen molar-refractivity contribution in [2.75, 3.05) is 38.2 Å². The second kappa shape index (κ2) is 3.68. The van der Waals surface area contributed by atoms with Gasteiger partial charge < -0.3 is 15.1 Å². The van der Waals surface area contributed by atoms with Gasteiger partial charge in [-0.05, 0) is 24.7 Å². The molecule has 6 nitrogen and oxygen atoms in total. The summed E-state index contributed by atoms with van der Waals surface area (Å²) in [5.74, 6) is 0.290. The standard InChI is InChI=1S/C13H21N3O3S/c1-20(18,19)9-12-6-13(7-12,8-12)16-5-10-4-14-2-3-15(10)11(16)17/h10,14H,2-9H2,1H3/t10-,12?,13?/m0/s1. The minimum atomic E-state index is -2.91. The number of hydrogen-bond acceptors (Lipinski definition) is 4. The van der Waals surface area contributed by atoms with E-state index in [1.807, 2.05) is 9.80 Å². The van der Waals surface area contributed by atoms with E-state index in [1.165, 1.54) is 6.26 Å². The molecule has 0 unspecified atom stereocenters. The van der Waals surface area contributed by atoms with Crippen molar-refractivity contribution >= 4 is 15.9 Å². The highest BCUT2D eigenvalue weighted by molar-refractivity contribution is 7.90. The first-order valence-corrected chi connectivity index (χ1v) is 9.35. The number of sulfone groups is 1. The summed E-state index contributed by atoms with van der Waals surface area (Å²) in [6.45, 7) is 3.36. The van der Waals surface area contributed by atoms with Crippen molar-refractivity contribution < 1.29 is 13.2 Å². The maximum atomic E-state index is 12.5. The quantitative estimate of drug-likeness (QED) is 0.774. The van der Waals surface area contributed by atoms with Crippen LogP contribution >= 0.6 is 0 Å². The zero-order chi connectivity index (χ0) is 14.2. The molecule has 0 spiro atoms. The minimum Gasteiger partial charge on any atom is -0.317 e. The van der Waals surface area contributed by atoms with E-state index in [0.29, 0.717) is 11.8 Å². The van der Waals surface area contributed by atoms with Gasteiger partial charge in [0.1, 0.15) is 9.84 Å². The molecule has 0 aromatic rings. The van der Waals surface area contributed by atoms with Gasteiger partial charge in [0, 0.05) is 38.0 Å². The molecule has 2 aliphatic heterocycles. The highest BCUT2D eigenvalue weighted by atomic mass is 32.2. The number of urea groups is 1. The van der Waals surface area contributed by atoms with Gasteiger partial charge in [-0.25, -0.2) is 13.2 Å². The summed E-state index contributed by atoms with van der Waals surface area (Å²) in [4.78, 5) is 16.5. The van der Waals surface area contributed by atoms with Crippen molar-refractivity contribution in [3.8, 4) is 0 Å². The summed E-state index contributed by atoms with van der Waals surface area (Å²) >= 11 is 0. The van der Waals surface area contributed by atoms with E-state index < -0.39 is 9.84 Å². The molecule has 0 aromatic heterocycles. The van der Waals surface area contributed by atoms with Gasteiger partial charge in [0.2, 0.25) is 0 Å². The van der Waals surface area contributed by atoms with Crippen molar-refractivity contribution in [3.05, 3.63) is 0 Å². The van der Waals surface area contributed by atoms with E-state index in [9.17, 15) is 13.2 Å². The van der Waals surface area contributed by atoms with Crippen LogP contribution in [0.3, 0.4) is 0 Å². The zero-order valence-electron chi connectivity index (χ0n) is 11.8. The van der Waals surface area contributed by atoms with E-state index in [4.69, 9.17) is 0 Å². The molecule has 1 N–H and O–H groups in total. The second-order valence-electron chi connectivity index (χ2n) is 7.27. The van der Waals surface area contributed by atoms with E-state index in [2.05, 4.69) is 5.32 Å². The number of nitrogens with one attached hydrogen (secondary N) is 1. The average Bonchev–Trinajstić information content (AvgIpc) is 2.59. The maximum absolute atomic E-state index is 12.5. The smallest absolute Gasteiger partial charge is 0.317 e. The lowest BCUT2D eigenvalue weighted by Gasteiger charge is -2.73. The highest BCUT2D eigenvalue weighted by Gasteiger charge is 2.72. The number of nitrogens with zero attached hydrogens (tertiary/aromatic N) is 2. The molecule has 5 fully saturated rings. The summed E-state index contributed by atoms with van der Waals surface area (Å²) in [5.41, 5.74) is -0.0334. The van der Waals surface area contributed by atoms with Gasteiger partial charge in [-0.1, -0.05) is 0 Å². The summed E-state index contributed by atoms with van der Waals surface area (Å²) < 4.78 is 22.9. The van der Waals surface area contributed by atoms with Gasteiger partial charge in [-0.2, -0.15) is 0 Å². The third-order valence-electron chi connectivity index (χ3n) is 5.47. The van der Waals surface area contributed by atoms with Gasteiger partial charge in [0.05, 0.1) is 11.8 Å². The van der Waals surface area contributed by atoms with Crippen LogP contribution in [-0.4, -0.2) is 74.0 Å². The lowest BCUT2D eigenvalue weighted by Crippen LogP contribution is -2.76. The molecule has 2 amide bonds. The fourth-order valence-corrected chi connectivity index (χ4v) is 6.37. The van der Waals surface area contributed by atoms with E-state index in [-0.39, 0.29) is 17.0 Å². The van der Waals surface area contributed by atoms with Crippen molar-refractivity contribution in [3.63, 3.8) is 0 Å². The molecule has 0 aromatic carbocycles. The number of carbonyl (C=O) groups is 1. The van der Waals surface area contributed by atoms with Crippen molar-refractivity contribution in [1.29, 1.82) is 0 Å². The summed E-state index contributed by atoms with van der Waals surface area (Å²) in [6.07, 6.45) is 3.96. The third kappa shape index (κ3) is 1.65. The average molecular weight is 299 g/mol. The monoisotopic (exact) mass is 299 g/mol. The van der Waals surface area contributed by atoms with Gasteiger partial charge in [0.15, 0.2) is 0 Å². The molecule has 3 aliphatic carbocycles. The number of amides is 2. The third-order valence-corrected chi connectivity index (χ3v) is 6.61. The van der Waals surface area contributed by atoms with Gasteiger partial charge in [0.25, 0.3) is 0 Å². The molecular weight excluding hydrogens is 278 g/mol. The maximum Gasteiger partial charge on any atom is 0.320 e. The van der Waals surface area contributed by atoms with Crippen molar-refractivity contribution in [2.45, 2.75) is 30.8 Å². The molecule has 3 saturated carbocycles. The Bertz CT molecular complexity index is 554. The molecule has 2 bridgehead atoms. The second-order valence-corrected chi connectivity index (χ2v) is 9.41. The topological polar surface area (TPSA) is 69.7 Å². The Morgan fingerprint density at radius 2 is 2.05 bits per heavy atom. The Morgan fingerprint density at radius 1 is 1.35 bits per heavy atom. The Balaban J connectivity index is 1.46. The molecule has 0 radical (unpaired) electrons. The Hall–Kier alpha value is -0.820. The van der Waals surface area contributed by atoms with E-state index >= 15 is 0 Å². The number of fused-ring (bicyclic) bond motifs is 1. The predicted octanol–water partition coefficient (Wildman–Crippen LogP) is -0.337. The summed E-state index contributed by atoms with van der Waals surface area (Å²) in [6, 6.07) is 0.472. The minimum absolute atomic E-state index is 0.0148. The van der Waals surface area contributed by atoms with E-state index in [0.717, 1.165) is 45.4 Å². The number of hydrogen-bond donors (Lipinski definition) is 1. The van der Waals surface area contributed by atoms with Crippen LogP contribution in [0.4, 0.5) is 4.79 Å². The fraction of sp³-hybridized carbons (Fsp3) is 0.923. The van der Waals surface area contributed by atoms with Crippen LogP contribution in [0.25, 0.3) is 0 Å². The van der Waals surface area contributed by atoms with Crippen LogP contribution in [0, 0.1) is 5.41 Å². The highest BCUT2D eigenvalue weighted by Crippen LogP contribution is 2.70. The van der Waals surface area contributed by atoms with Gasteiger partial charge >= 0.3 is 6.03 Å². The fourth-order valence-electron chi connectivity index (χ4n) is 4.95. The first-order valence-electron chi connectivity index (χ1n) is 7.29. The molecule has 5 rings (SSSR count). The first kappa shape index (κ1) is 12.9. The Kier molecular flexibility index (Phi) is 2.37. The lowest BCUT2D eigenvalue weighted by molar-refractivity contribution is -0.185. The first-order chi connectivity index (χ1) is 9.33. The van der Waals surface area contributed by atoms with Crippen LogP contribution in [0.1, 0.15) is 19.3 Å². The summed E-state index contributed by atoms with van der Waals surface area (Å²) in [7, 11) is -2.91. The molecule has 1 atom stereocenters. The SMILES string of the molecule is CS(=O)(=O)CC12CC(N3C[C@@H]4CNCCN4C3=O)(C1)C2. The lowest BCUT2D eigenvalue weighted by atomic mass is 9.39. The van der Waals surface area contributed by atoms with E-state index in [1.54, 1.807) is 0 Å². The Labute approximate surface area is 119 Å². The molecular formula is C13H21N3O3S. The van der Waals surface area contributed by atoms with Crippen LogP contribution in [0.15, 0.2) is 0 Å². The predicted molar refractivity (Wildman–Crippen MR) is 74.2 cm³/mol. The number of rotatable bonds is 3. The molecule has 2 saturated heterocycles. The van der Waals surface area contributed by atoms with Crippen molar-refractivity contribution in [2.24, 2.45) is 5.41 Å². The molecule has 112 valence electrons. The summed E-state index contributed by atoms with van der Waals surface area (Å²) in [5, 5.41) is 3.34. The van der Waals surface area contributed by atoms with Crippen LogP contribution in [-0.2, 0) is 9.84 Å². The largest absolute Gasteiger partial charge is 0.320 e. The normalized spacial score (nSPS) is 43.0. The van der Waals surface area contributed by atoms with Gasteiger partial charge in [-0.15, -0.1) is 0 Å². The molecule has 2 heterocycles.